The average Bonchev–Trinajstić information content (AvgIpc) is 3.30. The Morgan fingerprint density at radius 2 is 1.90 bits per heavy atom. The van der Waals surface area contributed by atoms with Crippen LogP contribution in [0.25, 0.3) is 0 Å². The van der Waals surface area contributed by atoms with Crippen LogP contribution < -0.4 is 10.1 Å². The van der Waals surface area contributed by atoms with Crippen LogP contribution in [0, 0.1) is 23.7 Å². The average molecular weight is 497 g/mol. The molecule has 0 unspecified atom stereocenters. The molecule has 150 valence electrons. The Balaban J connectivity index is 1.28. The maximum atomic E-state index is 12.9. The smallest absolute Gasteiger partial charge is 0.310 e. The number of amides is 1. The Bertz CT molecular complexity index is 999. The van der Waals surface area contributed by atoms with Crippen molar-refractivity contribution in [1.29, 1.82) is 0 Å². The summed E-state index contributed by atoms with van der Waals surface area (Å²) in [7, 11) is 0. The van der Waals surface area contributed by atoms with Gasteiger partial charge in [0.05, 0.1) is 21.7 Å². The third-order valence-electron chi connectivity index (χ3n) is 6.07. The predicted octanol–water partition coefficient (Wildman–Crippen LogP) is 5.30. The summed E-state index contributed by atoms with van der Waals surface area (Å²) < 4.78 is 11.2. The number of benzene rings is 2. The van der Waals surface area contributed by atoms with Gasteiger partial charge in [0.15, 0.2) is 0 Å². The van der Waals surface area contributed by atoms with Crippen molar-refractivity contribution in [3.8, 4) is 11.5 Å². The minimum absolute atomic E-state index is 0.0471. The molecule has 29 heavy (non-hydrogen) atoms. The maximum absolute atomic E-state index is 12.9. The molecule has 0 radical (unpaired) electrons. The number of nitrogens with one attached hydrogen (secondary N) is 1. The maximum Gasteiger partial charge on any atom is 0.310 e. The standard InChI is InChI=1S/C21H16BrCl2NO4/c22-18-12-8-13-17(21(27)29-19(13)18)16(12)20(26)25-10-2-4-11(5-3-10)28-15-6-1-9(23)7-14(15)24/h1-7,12-13,16-19H,8H2,(H,25,26)/t12-,13-,16-,17-,18+,19+/m1/s1. The van der Waals surface area contributed by atoms with Gasteiger partial charge in [-0.25, -0.2) is 0 Å². The third kappa shape index (κ3) is 3.22. The van der Waals surface area contributed by atoms with E-state index in [2.05, 4.69) is 21.2 Å². The van der Waals surface area contributed by atoms with Gasteiger partial charge in [-0.05, 0) is 54.8 Å². The quantitative estimate of drug-likeness (QED) is 0.461. The largest absolute Gasteiger partial charge is 0.461 e. The molecule has 5 nitrogen and oxygen atoms in total. The van der Waals surface area contributed by atoms with Crippen molar-refractivity contribution in [1.82, 2.24) is 0 Å². The first kappa shape index (κ1) is 19.2. The Morgan fingerprint density at radius 3 is 2.62 bits per heavy atom. The fraction of sp³-hybridized carbons (Fsp3) is 0.333. The first-order valence-corrected chi connectivity index (χ1v) is 11.0. The summed E-state index contributed by atoms with van der Waals surface area (Å²) >= 11 is 15.7. The van der Waals surface area contributed by atoms with E-state index in [1.54, 1.807) is 42.5 Å². The van der Waals surface area contributed by atoms with Gasteiger partial charge < -0.3 is 14.8 Å². The molecule has 1 N–H and O–H groups in total. The Morgan fingerprint density at radius 1 is 1.14 bits per heavy atom. The number of alkyl halides is 1. The number of halogens is 3. The van der Waals surface area contributed by atoms with Gasteiger partial charge in [-0.15, -0.1) is 0 Å². The molecule has 0 spiro atoms. The lowest BCUT2D eigenvalue weighted by Gasteiger charge is -2.27. The number of carbonyl (C=O) groups excluding carboxylic acids is 2. The summed E-state index contributed by atoms with van der Waals surface area (Å²) in [5.41, 5.74) is 0.640. The summed E-state index contributed by atoms with van der Waals surface area (Å²) in [6, 6.07) is 12.0. The summed E-state index contributed by atoms with van der Waals surface area (Å²) in [5.74, 6) is 0.269. The zero-order valence-corrected chi connectivity index (χ0v) is 18.1. The van der Waals surface area contributed by atoms with Gasteiger partial charge in [0.1, 0.15) is 17.6 Å². The number of ether oxygens (including phenoxy) is 2. The Labute approximate surface area is 185 Å². The van der Waals surface area contributed by atoms with Crippen LogP contribution in [0.5, 0.6) is 11.5 Å². The zero-order valence-electron chi connectivity index (χ0n) is 15.0. The number of anilines is 1. The second kappa shape index (κ2) is 7.18. The van der Waals surface area contributed by atoms with Crippen molar-refractivity contribution in [2.75, 3.05) is 5.32 Å². The molecular weight excluding hydrogens is 481 g/mol. The third-order valence-corrected chi connectivity index (χ3v) is 7.80. The molecule has 3 aliphatic rings. The number of carbonyl (C=O) groups is 2. The lowest BCUT2D eigenvalue weighted by atomic mass is 9.79. The second-order valence-electron chi connectivity index (χ2n) is 7.65. The van der Waals surface area contributed by atoms with Crippen LogP contribution in [-0.4, -0.2) is 22.8 Å². The van der Waals surface area contributed by atoms with E-state index in [-0.39, 0.29) is 46.5 Å². The molecule has 2 aliphatic carbocycles. The van der Waals surface area contributed by atoms with E-state index in [4.69, 9.17) is 32.7 Å². The molecule has 8 heteroatoms. The van der Waals surface area contributed by atoms with E-state index >= 15 is 0 Å². The van der Waals surface area contributed by atoms with Crippen LogP contribution in [-0.2, 0) is 14.3 Å². The van der Waals surface area contributed by atoms with Gasteiger partial charge in [-0.2, -0.15) is 0 Å². The minimum Gasteiger partial charge on any atom is -0.461 e. The van der Waals surface area contributed by atoms with Crippen molar-refractivity contribution < 1.29 is 19.1 Å². The lowest BCUT2D eigenvalue weighted by molar-refractivity contribution is -0.145. The number of rotatable bonds is 4. The monoisotopic (exact) mass is 495 g/mol. The van der Waals surface area contributed by atoms with E-state index in [1.807, 2.05) is 0 Å². The molecular formula is C21H16BrCl2NO4. The molecule has 0 aromatic heterocycles. The minimum atomic E-state index is -0.362. The molecule has 1 heterocycles. The predicted molar refractivity (Wildman–Crippen MR) is 113 cm³/mol. The highest BCUT2D eigenvalue weighted by Gasteiger charge is 2.67. The first-order valence-electron chi connectivity index (χ1n) is 9.31. The Kier molecular flexibility index (Phi) is 4.76. The van der Waals surface area contributed by atoms with Crippen LogP contribution in [0.3, 0.4) is 0 Å². The van der Waals surface area contributed by atoms with E-state index < -0.39 is 0 Å². The fourth-order valence-electron chi connectivity index (χ4n) is 4.85. The van der Waals surface area contributed by atoms with E-state index in [9.17, 15) is 9.59 Å². The van der Waals surface area contributed by atoms with Gasteiger partial charge in [-0.3, -0.25) is 9.59 Å². The van der Waals surface area contributed by atoms with Gasteiger partial charge >= 0.3 is 5.97 Å². The van der Waals surface area contributed by atoms with Gasteiger partial charge in [-0.1, -0.05) is 39.1 Å². The number of fused-ring (bicyclic) bond motifs is 1. The molecule has 1 aliphatic heterocycles. The number of hydrogen-bond acceptors (Lipinski definition) is 4. The molecule has 3 fully saturated rings. The van der Waals surface area contributed by atoms with Crippen LogP contribution in [0.15, 0.2) is 42.5 Å². The zero-order chi connectivity index (χ0) is 20.3. The molecule has 1 amide bonds. The Hall–Kier alpha value is -1.76. The summed E-state index contributed by atoms with van der Waals surface area (Å²) in [6.45, 7) is 0. The fourth-order valence-corrected chi connectivity index (χ4v) is 6.34. The van der Waals surface area contributed by atoms with Gasteiger partial charge in [0, 0.05) is 16.6 Å². The van der Waals surface area contributed by atoms with Crippen LogP contribution in [0.1, 0.15) is 6.42 Å². The highest BCUT2D eigenvalue weighted by atomic mass is 79.9. The topological polar surface area (TPSA) is 64.6 Å². The highest BCUT2D eigenvalue weighted by molar-refractivity contribution is 9.09. The van der Waals surface area contributed by atoms with E-state index in [1.165, 1.54) is 0 Å². The lowest BCUT2D eigenvalue weighted by Crippen LogP contribution is -2.40. The molecule has 2 aromatic rings. The van der Waals surface area contributed by atoms with Crippen molar-refractivity contribution in [3.05, 3.63) is 52.5 Å². The van der Waals surface area contributed by atoms with Crippen molar-refractivity contribution in [2.45, 2.75) is 17.4 Å². The summed E-state index contributed by atoms with van der Waals surface area (Å²) in [5, 5.41) is 3.88. The summed E-state index contributed by atoms with van der Waals surface area (Å²) in [6.07, 6.45) is 0.765. The van der Waals surface area contributed by atoms with Crippen LogP contribution in [0.2, 0.25) is 10.0 Å². The normalized spacial score (nSPS) is 31.6. The van der Waals surface area contributed by atoms with Crippen molar-refractivity contribution in [2.24, 2.45) is 23.7 Å². The first-order chi connectivity index (χ1) is 13.9. The van der Waals surface area contributed by atoms with E-state index in [0.717, 1.165) is 6.42 Å². The van der Waals surface area contributed by atoms with Crippen LogP contribution in [0.4, 0.5) is 5.69 Å². The molecule has 2 aromatic carbocycles. The molecule has 6 atom stereocenters. The summed E-state index contributed by atoms with van der Waals surface area (Å²) in [4.78, 5) is 25.2. The number of hydrogen-bond donors (Lipinski definition) is 1. The van der Waals surface area contributed by atoms with Gasteiger partial charge in [0.2, 0.25) is 5.91 Å². The van der Waals surface area contributed by atoms with Crippen molar-refractivity contribution >= 4 is 56.7 Å². The molecule has 5 rings (SSSR count). The van der Waals surface area contributed by atoms with Gasteiger partial charge in [0.25, 0.3) is 0 Å². The number of esters is 1. The van der Waals surface area contributed by atoms with Crippen molar-refractivity contribution in [3.63, 3.8) is 0 Å². The molecule has 2 saturated carbocycles. The second-order valence-corrected chi connectivity index (χ2v) is 9.55. The highest BCUT2D eigenvalue weighted by Crippen LogP contribution is 2.60. The van der Waals surface area contributed by atoms with E-state index in [0.29, 0.717) is 27.2 Å². The molecule has 1 saturated heterocycles. The van der Waals surface area contributed by atoms with Crippen LogP contribution >= 0.6 is 39.1 Å². The SMILES string of the molecule is O=C(Nc1ccc(Oc2ccc(Cl)cc2Cl)cc1)[C@@H]1[C@H]2C[C@H]3[C@H](OC(=O)[C@H]31)[C@H]2Br. The molecule has 2 bridgehead atoms.